The summed E-state index contributed by atoms with van der Waals surface area (Å²) in [6.45, 7) is -0.680. The summed E-state index contributed by atoms with van der Waals surface area (Å²) in [6.07, 6.45) is 6.01. The van der Waals surface area contributed by atoms with Crippen molar-refractivity contribution < 1.29 is 33.4 Å². The Balaban J connectivity index is 2.20. The number of ether oxygens (including phenoxy) is 3. The third-order valence-corrected chi connectivity index (χ3v) is 3.05. The molecule has 7 nitrogen and oxygen atoms in total. The van der Waals surface area contributed by atoms with E-state index in [1.165, 1.54) is 0 Å². The summed E-state index contributed by atoms with van der Waals surface area (Å²) in [4.78, 5) is 44.6. The topological polar surface area (TPSA) is 96.0 Å². The van der Waals surface area contributed by atoms with Crippen LogP contribution in [0.1, 0.15) is 32.1 Å². The van der Waals surface area contributed by atoms with Crippen molar-refractivity contribution in [3.63, 3.8) is 0 Å². The van der Waals surface area contributed by atoms with Gasteiger partial charge in [0.1, 0.15) is 0 Å². The molecule has 0 N–H and O–H groups in total. The van der Waals surface area contributed by atoms with Crippen molar-refractivity contribution in [1.29, 1.82) is 0 Å². The van der Waals surface area contributed by atoms with Crippen molar-refractivity contribution in [3.05, 3.63) is 12.2 Å². The van der Waals surface area contributed by atoms with Gasteiger partial charge in [0.05, 0.1) is 7.11 Å². The number of carbonyl (C=O) groups is 4. The average Bonchev–Trinajstić information content (AvgIpc) is 2.95. The summed E-state index contributed by atoms with van der Waals surface area (Å²) in [5.74, 6) is -2.89. The molecule has 0 bridgehead atoms. The lowest BCUT2D eigenvalue weighted by Crippen LogP contribution is -2.20. The molecule has 1 saturated carbocycles. The van der Waals surface area contributed by atoms with Crippen LogP contribution in [0.5, 0.6) is 0 Å². The molecule has 0 aromatic heterocycles. The number of hydrogen-bond donors (Lipinski definition) is 0. The normalized spacial score (nSPS) is 14.9. The Morgan fingerprint density at radius 3 is 2.24 bits per heavy atom. The monoisotopic (exact) mass is 298 g/mol. The maximum absolute atomic E-state index is 11.4. The van der Waals surface area contributed by atoms with Gasteiger partial charge in [0, 0.05) is 18.6 Å². The fraction of sp³-hybridized carbons (Fsp3) is 0.571. The summed E-state index contributed by atoms with van der Waals surface area (Å²) < 4.78 is 13.3. The van der Waals surface area contributed by atoms with Crippen molar-refractivity contribution in [2.75, 3.05) is 13.7 Å². The molecule has 116 valence electrons. The Hall–Kier alpha value is -2.18. The molecule has 0 unspecified atom stereocenters. The maximum atomic E-state index is 11.4. The first-order valence-electron chi connectivity index (χ1n) is 6.67. The number of carbonyl (C=O) groups excluding carboxylic acids is 4. The largest absolute Gasteiger partial charge is 0.466 e. The van der Waals surface area contributed by atoms with Crippen LogP contribution in [-0.2, 0) is 33.4 Å². The predicted molar refractivity (Wildman–Crippen MR) is 69.8 cm³/mol. The smallest absolute Gasteiger partial charge is 0.351 e. The summed E-state index contributed by atoms with van der Waals surface area (Å²) in [7, 11) is 1.16. The van der Waals surface area contributed by atoms with Crippen molar-refractivity contribution in [1.82, 2.24) is 0 Å². The number of rotatable bonds is 6. The fourth-order valence-electron chi connectivity index (χ4n) is 2.03. The molecule has 1 aliphatic rings. The fourth-order valence-corrected chi connectivity index (χ4v) is 2.03. The second kappa shape index (κ2) is 8.89. The first-order valence-corrected chi connectivity index (χ1v) is 6.67. The molecule has 0 radical (unpaired) electrons. The summed E-state index contributed by atoms with van der Waals surface area (Å²) >= 11 is 0. The zero-order chi connectivity index (χ0) is 15.7. The van der Waals surface area contributed by atoms with E-state index in [0.29, 0.717) is 0 Å². The van der Waals surface area contributed by atoms with E-state index in [1.54, 1.807) is 0 Å². The Labute approximate surface area is 122 Å². The molecule has 21 heavy (non-hydrogen) atoms. The molecule has 0 aromatic rings. The molecule has 1 aliphatic carbocycles. The molecule has 7 heteroatoms. The Morgan fingerprint density at radius 1 is 1.00 bits per heavy atom. The zero-order valence-electron chi connectivity index (χ0n) is 11.8. The van der Waals surface area contributed by atoms with Crippen LogP contribution in [-0.4, -0.2) is 37.6 Å². The number of methoxy groups -OCH3 is 1. The highest BCUT2D eigenvalue weighted by molar-refractivity contribution is 5.93. The summed E-state index contributed by atoms with van der Waals surface area (Å²) in [6, 6.07) is 0. The van der Waals surface area contributed by atoms with E-state index in [4.69, 9.17) is 0 Å². The van der Waals surface area contributed by atoms with Gasteiger partial charge >= 0.3 is 23.9 Å². The second-order valence-corrected chi connectivity index (χ2v) is 4.66. The molecule has 0 spiro atoms. The van der Waals surface area contributed by atoms with E-state index in [-0.39, 0.29) is 12.3 Å². The lowest BCUT2D eigenvalue weighted by atomic mass is 10.1. The van der Waals surface area contributed by atoms with Gasteiger partial charge in [0.15, 0.2) is 6.61 Å². The van der Waals surface area contributed by atoms with E-state index < -0.39 is 30.5 Å². The third-order valence-electron chi connectivity index (χ3n) is 3.05. The van der Waals surface area contributed by atoms with Gasteiger partial charge in [-0.05, 0) is 18.8 Å². The van der Waals surface area contributed by atoms with Gasteiger partial charge < -0.3 is 14.2 Å². The van der Waals surface area contributed by atoms with Crippen LogP contribution in [0.2, 0.25) is 0 Å². The Kier molecular flexibility index (Phi) is 7.14. The van der Waals surface area contributed by atoms with Crippen molar-refractivity contribution >= 4 is 23.9 Å². The van der Waals surface area contributed by atoms with Gasteiger partial charge in [-0.2, -0.15) is 0 Å². The minimum absolute atomic E-state index is 0.210. The molecule has 0 aromatic carbocycles. The second-order valence-electron chi connectivity index (χ2n) is 4.66. The molecule has 1 fully saturated rings. The summed E-state index contributed by atoms with van der Waals surface area (Å²) in [5.41, 5.74) is 0. The van der Waals surface area contributed by atoms with E-state index in [2.05, 4.69) is 14.2 Å². The van der Waals surface area contributed by atoms with E-state index in [0.717, 1.165) is 44.9 Å². The predicted octanol–water partition coefficient (Wildman–Crippen LogP) is 0.909. The van der Waals surface area contributed by atoms with Crippen LogP contribution in [0.4, 0.5) is 0 Å². The highest BCUT2D eigenvalue weighted by Gasteiger charge is 2.21. The van der Waals surface area contributed by atoms with Gasteiger partial charge in [0.25, 0.3) is 0 Å². The molecule has 0 aliphatic heterocycles. The molecule has 0 saturated heterocycles. The van der Waals surface area contributed by atoms with Crippen molar-refractivity contribution in [2.45, 2.75) is 32.1 Å². The quantitative estimate of drug-likeness (QED) is 0.311. The average molecular weight is 298 g/mol. The third kappa shape index (κ3) is 7.24. The lowest BCUT2D eigenvalue weighted by molar-refractivity contribution is -0.166. The highest BCUT2D eigenvalue weighted by Crippen LogP contribution is 2.27. The highest BCUT2D eigenvalue weighted by atomic mass is 16.6. The summed E-state index contributed by atoms with van der Waals surface area (Å²) in [5, 5.41) is 0. The molecule has 0 heterocycles. The SMILES string of the molecule is COC(=O)C=CC(=O)OCC(=O)OC(=O)CC1CCCC1. The molecule has 0 atom stereocenters. The van der Waals surface area contributed by atoms with Crippen LogP contribution in [0, 0.1) is 5.92 Å². The van der Waals surface area contributed by atoms with Crippen LogP contribution in [0.25, 0.3) is 0 Å². The minimum Gasteiger partial charge on any atom is -0.466 e. The Bertz CT molecular complexity index is 433. The van der Waals surface area contributed by atoms with Gasteiger partial charge in [-0.1, -0.05) is 12.8 Å². The molecular weight excluding hydrogens is 280 g/mol. The Morgan fingerprint density at radius 2 is 1.62 bits per heavy atom. The maximum Gasteiger partial charge on any atom is 0.351 e. The van der Waals surface area contributed by atoms with Gasteiger partial charge in [-0.15, -0.1) is 0 Å². The van der Waals surface area contributed by atoms with Crippen LogP contribution in [0.15, 0.2) is 12.2 Å². The van der Waals surface area contributed by atoms with Crippen LogP contribution in [0.3, 0.4) is 0 Å². The van der Waals surface area contributed by atoms with Gasteiger partial charge in [-0.25, -0.2) is 14.4 Å². The van der Waals surface area contributed by atoms with E-state index in [9.17, 15) is 19.2 Å². The lowest BCUT2D eigenvalue weighted by Gasteiger charge is -2.07. The van der Waals surface area contributed by atoms with Gasteiger partial charge in [0.2, 0.25) is 0 Å². The van der Waals surface area contributed by atoms with Crippen molar-refractivity contribution in [3.8, 4) is 0 Å². The van der Waals surface area contributed by atoms with E-state index in [1.807, 2.05) is 0 Å². The minimum atomic E-state index is -0.933. The molecule has 1 rings (SSSR count). The molecular formula is C14H18O7. The zero-order valence-corrected chi connectivity index (χ0v) is 11.8. The number of esters is 4. The molecule has 0 amide bonds. The van der Waals surface area contributed by atoms with Gasteiger partial charge in [-0.3, -0.25) is 4.79 Å². The van der Waals surface area contributed by atoms with Crippen LogP contribution < -0.4 is 0 Å². The standard InChI is InChI=1S/C14H18O7/c1-19-11(15)6-7-12(16)20-9-14(18)21-13(17)8-10-4-2-3-5-10/h6-7,10H,2-5,8-9H2,1H3. The first-order chi connectivity index (χ1) is 10.0. The van der Waals surface area contributed by atoms with Crippen LogP contribution >= 0.6 is 0 Å². The first kappa shape index (κ1) is 16.9. The number of hydrogen-bond acceptors (Lipinski definition) is 7. The van der Waals surface area contributed by atoms with Crippen molar-refractivity contribution in [2.24, 2.45) is 5.92 Å². The van der Waals surface area contributed by atoms with E-state index >= 15 is 0 Å².